The van der Waals surface area contributed by atoms with Crippen molar-refractivity contribution >= 4 is 16.9 Å². The van der Waals surface area contributed by atoms with Gasteiger partial charge in [0.1, 0.15) is 5.69 Å². The summed E-state index contributed by atoms with van der Waals surface area (Å²) in [5.41, 5.74) is 4.35. The topological polar surface area (TPSA) is 70.5 Å². The fourth-order valence-electron chi connectivity index (χ4n) is 5.76. The third kappa shape index (κ3) is 3.25. The van der Waals surface area contributed by atoms with Crippen LogP contribution < -0.4 is 15.9 Å². The Bertz CT molecular complexity index is 1290. The van der Waals surface area contributed by atoms with E-state index in [1.807, 2.05) is 52.0 Å². The van der Waals surface area contributed by atoms with E-state index in [0.717, 1.165) is 60.2 Å². The Morgan fingerprint density at radius 2 is 1.79 bits per heavy atom. The maximum absolute atomic E-state index is 14.0. The lowest BCUT2D eigenvalue weighted by Crippen LogP contribution is -2.58. The van der Waals surface area contributed by atoms with Gasteiger partial charge in [-0.25, -0.2) is 9.66 Å². The zero-order valence-electron chi connectivity index (χ0n) is 19.0. The van der Waals surface area contributed by atoms with Gasteiger partial charge in [0, 0.05) is 43.3 Å². The molecule has 0 bridgehead atoms. The molecule has 1 saturated carbocycles. The highest BCUT2D eigenvalue weighted by atomic mass is 16.2. The van der Waals surface area contributed by atoms with Gasteiger partial charge in [0.25, 0.3) is 11.5 Å². The van der Waals surface area contributed by atoms with Crippen LogP contribution in [0.1, 0.15) is 48.5 Å². The summed E-state index contributed by atoms with van der Waals surface area (Å²) in [6.07, 6.45) is 4.49. The number of nitrogens with one attached hydrogen (secondary N) is 1. The van der Waals surface area contributed by atoms with E-state index in [-0.39, 0.29) is 17.5 Å². The number of hydrogen-bond donors (Lipinski definition) is 1. The predicted molar refractivity (Wildman–Crippen MR) is 129 cm³/mol. The van der Waals surface area contributed by atoms with Crippen molar-refractivity contribution in [1.29, 1.82) is 0 Å². The van der Waals surface area contributed by atoms with Crippen molar-refractivity contribution < 1.29 is 4.79 Å². The SMILES string of the molecule is CC1CNCCN1n1c(=O)c(-c2cccc3c2CN(C2CCCC2)C3=O)nc2ccccc21. The molecule has 1 amide bonds. The van der Waals surface area contributed by atoms with Gasteiger partial charge in [-0.3, -0.25) is 9.59 Å². The molecular formula is C26H29N5O2. The van der Waals surface area contributed by atoms with E-state index < -0.39 is 0 Å². The number of rotatable bonds is 3. The summed E-state index contributed by atoms with van der Waals surface area (Å²) < 4.78 is 1.81. The molecule has 1 unspecified atom stereocenters. The number of aromatic nitrogens is 2. The summed E-state index contributed by atoms with van der Waals surface area (Å²) in [5, 5.41) is 5.55. The molecule has 1 saturated heterocycles. The Kier molecular flexibility index (Phi) is 4.94. The van der Waals surface area contributed by atoms with Gasteiger partial charge in [-0.1, -0.05) is 37.1 Å². The number of fused-ring (bicyclic) bond motifs is 2. The number of carbonyl (C=O) groups excluding carboxylic acids is 1. The second-order valence-corrected chi connectivity index (χ2v) is 9.49. The maximum Gasteiger partial charge on any atom is 0.296 e. The minimum Gasteiger partial charge on any atom is -0.331 e. The Balaban J connectivity index is 1.52. The highest BCUT2D eigenvalue weighted by molar-refractivity contribution is 6.00. The van der Waals surface area contributed by atoms with Gasteiger partial charge in [0.05, 0.1) is 17.1 Å². The molecule has 170 valence electrons. The fraction of sp³-hybridized carbons (Fsp3) is 0.423. The fourth-order valence-corrected chi connectivity index (χ4v) is 5.76. The van der Waals surface area contributed by atoms with Crippen LogP contribution in [0.15, 0.2) is 47.3 Å². The quantitative estimate of drug-likeness (QED) is 0.674. The maximum atomic E-state index is 14.0. The van der Waals surface area contributed by atoms with Gasteiger partial charge in [0.15, 0.2) is 0 Å². The molecule has 7 nitrogen and oxygen atoms in total. The summed E-state index contributed by atoms with van der Waals surface area (Å²) >= 11 is 0. The smallest absolute Gasteiger partial charge is 0.296 e. The van der Waals surface area contributed by atoms with Crippen molar-refractivity contribution in [3.63, 3.8) is 0 Å². The van der Waals surface area contributed by atoms with Crippen LogP contribution in [0, 0.1) is 0 Å². The molecule has 2 aliphatic heterocycles. The predicted octanol–water partition coefficient (Wildman–Crippen LogP) is 2.89. The lowest BCUT2D eigenvalue weighted by Gasteiger charge is -2.37. The van der Waals surface area contributed by atoms with Gasteiger partial charge >= 0.3 is 0 Å². The summed E-state index contributed by atoms with van der Waals surface area (Å²) in [5.74, 6) is 0.0931. The molecule has 1 aliphatic carbocycles. The van der Waals surface area contributed by atoms with Crippen LogP contribution in [0.5, 0.6) is 0 Å². The second-order valence-electron chi connectivity index (χ2n) is 9.49. The van der Waals surface area contributed by atoms with Gasteiger partial charge in [-0.2, -0.15) is 0 Å². The Hall–Kier alpha value is -3.19. The minimum atomic E-state index is -0.123. The molecule has 1 aromatic heterocycles. The molecule has 0 radical (unpaired) electrons. The van der Waals surface area contributed by atoms with Crippen molar-refractivity contribution in [3.05, 3.63) is 63.9 Å². The average Bonchev–Trinajstić information content (AvgIpc) is 3.48. The van der Waals surface area contributed by atoms with E-state index in [4.69, 9.17) is 4.98 Å². The standard InChI is InChI=1S/C26H29N5O2/c1-17-15-27-13-14-30(17)31-23-12-5-4-11-22(23)28-24(26(31)33)19-9-6-10-20-21(19)16-29(25(20)32)18-7-2-3-8-18/h4-6,9-12,17-18,27H,2-3,7-8,13-16H2,1H3. The van der Waals surface area contributed by atoms with E-state index in [9.17, 15) is 9.59 Å². The van der Waals surface area contributed by atoms with E-state index in [1.165, 1.54) is 12.8 Å². The molecule has 3 aromatic rings. The van der Waals surface area contributed by atoms with E-state index in [1.54, 1.807) is 0 Å². The molecule has 3 heterocycles. The molecule has 2 fully saturated rings. The van der Waals surface area contributed by atoms with E-state index in [0.29, 0.717) is 18.3 Å². The zero-order valence-corrected chi connectivity index (χ0v) is 19.0. The van der Waals surface area contributed by atoms with Crippen LogP contribution in [0.3, 0.4) is 0 Å². The number of para-hydroxylation sites is 2. The third-order valence-electron chi connectivity index (χ3n) is 7.48. The van der Waals surface area contributed by atoms with Gasteiger partial charge in [0.2, 0.25) is 0 Å². The first-order valence-electron chi connectivity index (χ1n) is 12.1. The Labute approximate surface area is 193 Å². The largest absolute Gasteiger partial charge is 0.331 e. The molecule has 33 heavy (non-hydrogen) atoms. The average molecular weight is 444 g/mol. The first-order valence-corrected chi connectivity index (χ1v) is 12.1. The van der Waals surface area contributed by atoms with Crippen molar-refractivity contribution in [2.45, 2.75) is 51.2 Å². The van der Waals surface area contributed by atoms with Crippen molar-refractivity contribution in [2.75, 3.05) is 24.6 Å². The first-order chi connectivity index (χ1) is 16.1. The van der Waals surface area contributed by atoms with Gasteiger partial charge in [-0.05, 0) is 43.5 Å². The number of nitrogens with zero attached hydrogens (tertiary/aromatic N) is 4. The minimum absolute atomic E-state index is 0.0931. The van der Waals surface area contributed by atoms with Crippen LogP contribution in [-0.2, 0) is 6.54 Å². The van der Waals surface area contributed by atoms with E-state index >= 15 is 0 Å². The number of carbonyl (C=O) groups is 1. The molecule has 1 atom stereocenters. The number of benzene rings is 2. The summed E-state index contributed by atoms with van der Waals surface area (Å²) in [6, 6.07) is 14.0. The third-order valence-corrected chi connectivity index (χ3v) is 7.48. The van der Waals surface area contributed by atoms with Gasteiger partial charge in [-0.15, -0.1) is 0 Å². The molecular weight excluding hydrogens is 414 g/mol. The molecule has 1 N–H and O–H groups in total. The highest BCUT2D eigenvalue weighted by Gasteiger charge is 2.36. The number of hydrogen-bond acceptors (Lipinski definition) is 5. The molecule has 2 aromatic carbocycles. The first kappa shape index (κ1) is 20.4. The Morgan fingerprint density at radius 3 is 2.61 bits per heavy atom. The zero-order chi connectivity index (χ0) is 22.5. The molecule has 6 rings (SSSR count). The van der Waals surface area contributed by atoms with Gasteiger partial charge < -0.3 is 15.2 Å². The molecule has 7 heteroatoms. The molecule has 3 aliphatic rings. The lowest BCUT2D eigenvalue weighted by molar-refractivity contribution is 0.0707. The van der Waals surface area contributed by atoms with Crippen LogP contribution in [-0.4, -0.2) is 52.2 Å². The monoisotopic (exact) mass is 443 g/mol. The van der Waals surface area contributed by atoms with Crippen LogP contribution in [0.25, 0.3) is 22.3 Å². The summed E-state index contributed by atoms with van der Waals surface area (Å²) in [4.78, 5) is 34.1. The van der Waals surface area contributed by atoms with Crippen LogP contribution >= 0.6 is 0 Å². The normalized spacial score (nSPS) is 21.2. The van der Waals surface area contributed by atoms with Crippen molar-refractivity contribution in [3.8, 4) is 11.3 Å². The van der Waals surface area contributed by atoms with Crippen molar-refractivity contribution in [2.24, 2.45) is 0 Å². The number of piperazine rings is 1. The molecule has 0 spiro atoms. The highest BCUT2D eigenvalue weighted by Crippen LogP contribution is 2.35. The second kappa shape index (κ2) is 7.99. The lowest BCUT2D eigenvalue weighted by atomic mass is 10.0. The summed E-state index contributed by atoms with van der Waals surface area (Å²) in [6.45, 7) is 5.09. The van der Waals surface area contributed by atoms with Crippen LogP contribution in [0.2, 0.25) is 0 Å². The Morgan fingerprint density at radius 1 is 1.00 bits per heavy atom. The van der Waals surface area contributed by atoms with Crippen LogP contribution in [0.4, 0.5) is 0 Å². The van der Waals surface area contributed by atoms with E-state index in [2.05, 4.69) is 17.2 Å². The number of amides is 1. The summed E-state index contributed by atoms with van der Waals surface area (Å²) in [7, 11) is 0. The van der Waals surface area contributed by atoms with Crippen molar-refractivity contribution in [1.82, 2.24) is 19.9 Å².